The summed E-state index contributed by atoms with van der Waals surface area (Å²) in [4.78, 5) is 26.5. The van der Waals surface area contributed by atoms with Gasteiger partial charge >= 0.3 is 5.63 Å². The van der Waals surface area contributed by atoms with Crippen LogP contribution in [0.5, 0.6) is 11.5 Å². The quantitative estimate of drug-likeness (QED) is 0.552. The normalized spacial score (nSPS) is 19.1. The molecule has 5 heteroatoms. The Morgan fingerprint density at radius 3 is 2.38 bits per heavy atom. The van der Waals surface area contributed by atoms with E-state index in [1.165, 1.54) is 0 Å². The molecule has 0 N–H and O–H groups in total. The molecule has 0 bridgehead atoms. The van der Waals surface area contributed by atoms with Crippen molar-refractivity contribution in [3.8, 4) is 22.8 Å². The fourth-order valence-electron chi connectivity index (χ4n) is 4.67. The fourth-order valence-corrected chi connectivity index (χ4v) is 4.67. The minimum absolute atomic E-state index is 0.00857. The minimum atomic E-state index is -0.538. The third-order valence-electron chi connectivity index (χ3n) is 6.15. The molecule has 1 aliphatic carbocycles. The van der Waals surface area contributed by atoms with Crippen molar-refractivity contribution in [2.24, 2.45) is 5.41 Å². The van der Waals surface area contributed by atoms with Crippen LogP contribution in [0.2, 0.25) is 0 Å². The zero-order valence-electron chi connectivity index (χ0n) is 18.3. The van der Waals surface area contributed by atoms with Crippen LogP contribution in [-0.4, -0.2) is 12.9 Å². The Labute approximate surface area is 186 Å². The van der Waals surface area contributed by atoms with Gasteiger partial charge in [0.2, 0.25) is 0 Å². The van der Waals surface area contributed by atoms with E-state index in [1.807, 2.05) is 54.6 Å². The van der Waals surface area contributed by atoms with Crippen LogP contribution < -0.4 is 15.1 Å². The Balaban J connectivity index is 1.72. The molecule has 2 aromatic carbocycles. The van der Waals surface area contributed by atoms with Gasteiger partial charge in [0.05, 0.1) is 18.6 Å². The third-order valence-corrected chi connectivity index (χ3v) is 6.15. The van der Waals surface area contributed by atoms with Crippen molar-refractivity contribution in [1.82, 2.24) is 0 Å². The van der Waals surface area contributed by atoms with Gasteiger partial charge in [-0.1, -0.05) is 56.3 Å². The minimum Gasteiger partial charge on any atom is -0.497 e. The van der Waals surface area contributed by atoms with E-state index in [0.29, 0.717) is 47.0 Å². The lowest BCUT2D eigenvalue weighted by Gasteiger charge is -2.37. The smallest absolute Gasteiger partial charge is 0.344 e. The van der Waals surface area contributed by atoms with Gasteiger partial charge in [0.15, 0.2) is 5.78 Å². The lowest BCUT2D eigenvalue weighted by molar-refractivity contribution is -0.118. The molecule has 2 aliphatic rings. The van der Waals surface area contributed by atoms with Crippen molar-refractivity contribution in [2.75, 3.05) is 7.11 Å². The van der Waals surface area contributed by atoms with Gasteiger partial charge in [0.25, 0.3) is 0 Å². The molecule has 0 amide bonds. The van der Waals surface area contributed by atoms with Crippen molar-refractivity contribution >= 4 is 5.78 Å². The summed E-state index contributed by atoms with van der Waals surface area (Å²) in [6.45, 7) is 4.12. The van der Waals surface area contributed by atoms with Crippen LogP contribution in [0.1, 0.15) is 43.7 Å². The molecule has 0 fully saturated rings. The highest BCUT2D eigenvalue weighted by Gasteiger charge is 2.43. The molecule has 5 nitrogen and oxygen atoms in total. The van der Waals surface area contributed by atoms with Crippen molar-refractivity contribution in [2.45, 2.75) is 32.6 Å². The van der Waals surface area contributed by atoms with Crippen LogP contribution in [0.4, 0.5) is 0 Å². The predicted molar refractivity (Wildman–Crippen MR) is 121 cm³/mol. The molecule has 162 valence electrons. The van der Waals surface area contributed by atoms with Crippen LogP contribution in [0.25, 0.3) is 11.3 Å². The van der Waals surface area contributed by atoms with E-state index < -0.39 is 11.5 Å². The zero-order valence-corrected chi connectivity index (χ0v) is 18.3. The highest BCUT2D eigenvalue weighted by molar-refractivity contribution is 6.00. The maximum absolute atomic E-state index is 13.3. The number of Topliss-reactive ketones (excluding diaryl/α,β-unsaturated/α-hetero) is 1. The molecule has 1 atom stereocenters. The van der Waals surface area contributed by atoms with Crippen LogP contribution in [0.3, 0.4) is 0 Å². The van der Waals surface area contributed by atoms with E-state index >= 15 is 0 Å². The molecule has 1 unspecified atom stereocenters. The number of allylic oxidation sites excluding steroid dienone is 2. The number of carbonyl (C=O) groups is 1. The molecule has 0 spiro atoms. The number of hydrogen-bond acceptors (Lipinski definition) is 5. The van der Waals surface area contributed by atoms with Crippen LogP contribution >= 0.6 is 0 Å². The lowest BCUT2D eigenvalue weighted by Crippen LogP contribution is -2.34. The lowest BCUT2D eigenvalue weighted by atomic mass is 9.70. The number of fused-ring (bicyclic) bond motifs is 1. The Hall–Kier alpha value is -3.60. The Morgan fingerprint density at radius 1 is 0.969 bits per heavy atom. The Morgan fingerprint density at radius 2 is 1.69 bits per heavy atom. The van der Waals surface area contributed by atoms with Gasteiger partial charge < -0.3 is 13.9 Å². The molecular formula is C27H24O5. The average Bonchev–Trinajstić information content (AvgIpc) is 2.77. The summed E-state index contributed by atoms with van der Waals surface area (Å²) >= 11 is 0. The van der Waals surface area contributed by atoms with Crippen molar-refractivity contribution < 1.29 is 18.7 Å². The van der Waals surface area contributed by atoms with E-state index in [4.69, 9.17) is 13.9 Å². The summed E-state index contributed by atoms with van der Waals surface area (Å²) in [6, 6.07) is 18.7. The molecule has 1 aliphatic heterocycles. The van der Waals surface area contributed by atoms with Crippen LogP contribution in [-0.2, 0) is 4.79 Å². The number of hydrogen-bond donors (Lipinski definition) is 0. The highest BCUT2D eigenvalue weighted by atomic mass is 16.5. The number of rotatable bonds is 3. The topological polar surface area (TPSA) is 65.7 Å². The van der Waals surface area contributed by atoms with Gasteiger partial charge in [0, 0.05) is 30.0 Å². The van der Waals surface area contributed by atoms with Crippen LogP contribution in [0.15, 0.2) is 81.2 Å². The molecule has 3 aromatic rings. The first-order valence-electron chi connectivity index (χ1n) is 10.7. The maximum Gasteiger partial charge on any atom is 0.344 e. The summed E-state index contributed by atoms with van der Waals surface area (Å²) in [5.41, 5.74) is 1.84. The summed E-state index contributed by atoms with van der Waals surface area (Å²) in [5.74, 6) is 1.71. The van der Waals surface area contributed by atoms with Gasteiger partial charge in [0.1, 0.15) is 23.0 Å². The number of ketones is 1. The first-order chi connectivity index (χ1) is 15.4. The third kappa shape index (κ3) is 3.44. The van der Waals surface area contributed by atoms with E-state index in [2.05, 4.69) is 13.8 Å². The van der Waals surface area contributed by atoms with E-state index in [-0.39, 0.29) is 11.2 Å². The average molecular weight is 428 g/mol. The summed E-state index contributed by atoms with van der Waals surface area (Å²) in [6.07, 6.45) is 1.03. The number of ether oxygens (including phenoxy) is 2. The first-order valence-corrected chi connectivity index (χ1v) is 10.7. The molecule has 32 heavy (non-hydrogen) atoms. The second kappa shape index (κ2) is 7.52. The standard InChI is InChI=1S/C27H24O5/c1-27(2)14-19(28)24-22(15-27)31-21-13-20(16-7-5-4-6-8-16)32-26(29)25(21)23(24)17-9-11-18(30-3)12-10-17/h4-13,23H,14-15H2,1-3H3. The van der Waals surface area contributed by atoms with Gasteiger partial charge in [-0.3, -0.25) is 4.79 Å². The summed E-state index contributed by atoms with van der Waals surface area (Å²) in [7, 11) is 1.60. The second-order valence-electron chi connectivity index (χ2n) is 9.13. The Kier molecular flexibility index (Phi) is 4.77. The molecule has 0 saturated heterocycles. The molecule has 1 aromatic heterocycles. The molecular weight excluding hydrogens is 404 g/mol. The number of carbonyl (C=O) groups excluding carboxylic acids is 1. The maximum atomic E-state index is 13.3. The Bertz CT molecular complexity index is 1280. The largest absolute Gasteiger partial charge is 0.497 e. The van der Waals surface area contributed by atoms with Crippen molar-refractivity contribution in [3.05, 3.63) is 93.5 Å². The summed E-state index contributed by atoms with van der Waals surface area (Å²) < 4.78 is 17.3. The van der Waals surface area contributed by atoms with Gasteiger partial charge in [-0.05, 0) is 23.1 Å². The number of benzene rings is 2. The van der Waals surface area contributed by atoms with Gasteiger partial charge in [-0.25, -0.2) is 4.79 Å². The highest BCUT2D eigenvalue weighted by Crippen LogP contribution is 2.49. The number of methoxy groups -OCH3 is 1. The van der Waals surface area contributed by atoms with E-state index in [0.717, 1.165) is 11.1 Å². The zero-order chi connectivity index (χ0) is 22.5. The molecule has 5 rings (SSSR count). The summed E-state index contributed by atoms with van der Waals surface area (Å²) in [5, 5.41) is 0. The first kappa shape index (κ1) is 20.3. The van der Waals surface area contributed by atoms with Gasteiger partial charge in [-0.15, -0.1) is 0 Å². The van der Waals surface area contributed by atoms with Crippen molar-refractivity contribution in [1.29, 1.82) is 0 Å². The predicted octanol–water partition coefficient (Wildman–Crippen LogP) is 5.48. The monoisotopic (exact) mass is 428 g/mol. The van der Waals surface area contributed by atoms with E-state index in [9.17, 15) is 9.59 Å². The van der Waals surface area contributed by atoms with Crippen LogP contribution in [0, 0.1) is 5.41 Å². The van der Waals surface area contributed by atoms with Gasteiger partial charge in [-0.2, -0.15) is 0 Å². The molecule has 2 heterocycles. The molecule has 0 radical (unpaired) electrons. The fraction of sp³-hybridized carbons (Fsp3) is 0.259. The second-order valence-corrected chi connectivity index (χ2v) is 9.13. The van der Waals surface area contributed by atoms with E-state index in [1.54, 1.807) is 13.2 Å². The van der Waals surface area contributed by atoms with Crippen molar-refractivity contribution in [3.63, 3.8) is 0 Å². The molecule has 0 saturated carbocycles. The SMILES string of the molecule is COc1ccc(C2C3=C(CC(C)(C)CC3=O)Oc3cc(-c4ccccc4)oc(=O)c32)cc1.